The van der Waals surface area contributed by atoms with Crippen LogP contribution in [-0.2, 0) is 16.0 Å². The van der Waals surface area contributed by atoms with Gasteiger partial charge in [0.05, 0.1) is 5.69 Å². The van der Waals surface area contributed by atoms with E-state index in [1.54, 1.807) is 0 Å². The Balaban J connectivity index is 2.56. The van der Waals surface area contributed by atoms with E-state index < -0.39 is 5.91 Å². The summed E-state index contributed by atoms with van der Waals surface area (Å²) in [6, 6.07) is 5.70. The number of aryl methyl sites for hydroxylation is 2. The van der Waals surface area contributed by atoms with E-state index in [0.29, 0.717) is 5.69 Å². The molecule has 1 aliphatic heterocycles. The first-order chi connectivity index (χ1) is 8.06. The Morgan fingerprint density at radius 2 is 2.00 bits per heavy atom. The van der Waals surface area contributed by atoms with Crippen molar-refractivity contribution in [2.24, 2.45) is 0 Å². The van der Waals surface area contributed by atoms with Gasteiger partial charge in [0.25, 0.3) is 11.8 Å². The lowest BCUT2D eigenvalue weighted by Gasteiger charge is -2.20. The highest BCUT2D eigenvalue weighted by molar-refractivity contribution is 6.51. The molecule has 1 aromatic carbocycles. The summed E-state index contributed by atoms with van der Waals surface area (Å²) in [6.45, 7) is 3.86. The van der Waals surface area contributed by atoms with E-state index in [1.165, 1.54) is 0 Å². The zero-order chi connectivity index (χ0) is 12.6. The molecule has 0 N–H and O–H groups in total. The molecule has 4 heteroatoms. The highest BCUT2D eigenvalue weighted by atomic mass is 35.5. The predicted octanol–water partition coefficient (Wildman–Crippen LogP) is 2.55. The number of anilines is 1. The third kappa shape index (κ3) is 1.87. The predicted molar refractivity (Wildman–Crippen MR) is 67.0 cm³/mol. The van der Waals surface area contributed by atoms with Gasteiger partial charge in [-0.1, -0.05) is 36.7 Å². The minimum absolute atomic E-state index is 0.0275. The van der Waals surface area contributed by atoms with Gasteiger partial charge in [0.1, 0.15) is 5.03 Å². The SMILES string of the molecule is CCc1cccc(C)c1N1C(=O)C=C(Cl)C1=O. The van der Waals surface area contributed by atoms with E-state index in [9.17, 15) is 9.59 Å². The van der Waals surface area contributed by atoms with Gasteiger partial charge in [-0.2, -0.15) is 0 Å². The highest BCUT2D eigenvalue weighted by Crippen LogP contribution is 2.30. The van der Waals surface area contributed by atoms with Gasteiger partial charge in [-0.25, -0.2) is 4.90 Å². The maximum absolute atomic E-state index is 11.8. The Labute approximate surface area is 105 Å². The molecule has 0 atom stereocenters. The van der Waals surface area contributed by atoms with Crippen LogP contribution < -0.4 is 4.90 Å². The van der Waals surface area contributed by atoms with E-state index in [2.05, 4.69) is 0 Å². The summed E-state index contributed by atoms with van der Waals surface area (Å²) < 4.78 is 0. The van der Waals surface area contributed by atoms with Crippen molar-refractivity contribution < 1.29 is 9.59 Å². The molecular formula is C13H12ClNO2. The fourth-order valence-corrected chi connectivity index (χ4v) is 2.16. The third-order valence-corrected chi connectivity index (χ3v) is 3.07. The van der Waals surface area contributed by atoms with Crippen LogP contribution in [0.25, 0.3) is 0 Å². The Hall–Kier alpha value is -1.61. The first kappa shape index (κ1) is 11.9. The van der Waals surface area contributed by atoms with Gasteiger partial charge >= 0.3 is 0 Å². The number of amides is 2. The first-order valence-electron chi connectivity index (χ1n) is 5.40. The van der Waals surface area contributed by atoms with Crippen molar-refractivity contribution in [2.75, 3.05) is 4.90 Å². The molecule has 0 fully saturated rings. The van der Waals surface area contributed by atoms with Gasteiger partial charge in [-0.05, 0) is 24.5 Å². The molecule has 0 saturated heterocycles. The van der Waals surface area contributed by atoms with Crippen LogP contribution in [0.15, 0.2) is 29.3 Å². The molecule has 88 valence electrons. The molecule has 0 radical (unpaired) electrons. The van der Waals surface area contributed by atoms with E-state index in [4.69, 9.17) is 11.6 Å². The van der Waals surface area contributed by atoms with Crippen molar-refractivity contribution >= 4 is 29.1 Å². The minimum atomic E-state index is -0.444. The zero-order valence-corrected chi connectivity index (χ0v) is 10.4. The topological polar surface area (TPSA) is 37.4 Å². The molecule has 0 saturated carbocycles. The number of halogens is 1. The summed E-state index contributed by atoms with van der Waals surface area (Å²) in [5, 5.41) is -0.0275. The molecule has 1 aromatic rings. The quantitative estimate of drug-likeness (QED) is 0.756. The monoisotopic (exact) mass is 249 g/mol. The number of carbonyl (C=O) groups excluding carboxylic acids is 2. The number of rotatable bonds is 2. The summed E-state index contributed by atoms with van der Waals surface area (Å²) in [4.78, 5) is 24.8. The average Bonchev–Trinajstić information content (AvgIpc) is 2.54. The van der Waals surface area contributed by atoms with Crippen LogP contribution in [0, 0.1) is 6.92 Å². The number of imide groups is 1. The van der Waals surface area contributed by atoms with Crippen LogP contribution >= 0.6 is 11.6 Å². The largest absolute Gasteiger partial charge is 0.277 e. The molecule has 1 heterocycles. The molecule has 3 nitrogen and oxygen atoms in total. The van der Waals surface area contributed by atoms with Crippen LogP contribution in [0.1, 0.15) is 18.1 Å². The summed E-state index contributed by atoms with van der Waals surface area (Å²) in [5.41, 5.74) is 2.52. The molecule has 0 unspecified atom stereocenters. The van der Waals surface area contributed by atoms with Gasteiger partial charge in [0, 0.05) is 6.08 Å². The van der Waals surface area contributed by atoms with Crippen molar-refractivity contribution in [3.8, 4) is 0 Å². The number of carbonyl (C=O) groups is 2. The molecule has 2 rings (SSSR count). The molecule has 1 aliphatic rings. The minimum Gasteiger partial charge on any atom is -0.269 e. The standard InChI is InChI=1S/C13H12ClNO2/c1-3-9-6-4-5-8(2)12(9)15-11(16)7-10(14)13(15)17/h4-7H,3H2,1-2H3. The van der Waals surface area contributed by atoms with Crippen molar-refractivity contribution in [3.05, 3.63) is 40.4 Å². The van der Waals surface area contributed by atoms with Gasteiger partial charge in [-0.15, -0.1) is 0 Å². The van der Waals surface area contributed by atoms with Crippen LogP contribution in [0.3, 0.4) is 0 Å². The van der Waals surface area contributed by atoms with Gasteiger partial charge in [-0.3, -0.25) is 9.59 Å². The second-order valence-electron chi connectivity index (χ2n) is 3.91. The van der Waals surface area contributed by atoms with Crippen molar-refractivity contribution in [1.82, 2.24) is 0 Å². The lowest BCUT2D eigenvalue weighted by molar-refractivity contribution is -0.120. The normalized spacial score (nSPS) is 15.5. The number of para-hydroxylation sites is 1. The Morgan fingerprint density at radius 1 is 1.29 bits per heavy atom. The van der Waals surface area contributed by atoms with E-state index >= 15 is 0 Å². The van der Waals surface area contributed by atoms with Gasteiger partial charge in [0.15, 0.2) is 0 Å². The highest BCUT2D eigenvalue weighted by Gasteiger charge is 2.33. The molecule has 0 bridgehead atoms. The number of benzene rings is 1. The smallest absolute Gasteiger partial charge is 0.269 e. The maximum Gasteiger partial charge on any atom is 0.277 e. The third-order valence-electron chi connectivity index (χ3n) is 2.80. The fourth-order valence-electron chi connectivity index (χ4n) is 1.98. The Kier molecular flexibility index (Phi) is 3.03. The van der Waals surface area contributed by atoms with Crippen LogP contribution in [0.2, 0.25) is 0 Å². The second kappa shape index (κ2) is 4.34. The molecule has 0 spiro atoms. The summed E-state index contributed by atoms with van der Waals surface area (Å²) >= 11 is 5.70. The maximum atomic E-state index is 11.8. The molecule has 0 aromatic heterocycles. The van der Waals surface area contributed by atoms with E-state index in [0.717, 1.165) is 28.5 Å². The van der Waals surface area contributed by atoms with Crippen LogP contribution in [-0.4, -0.2) is 11.8 Å². The summed E-state index contributed by atoms with van der Waals surface area (Å²) in [7, 11) is 0. The number of hydrogen-bond donors (Lipinski definition) is 0. The zero-order valence-electron chi connectivity index (χ0n) is 9.66. The number of nitrogens with zero attached hydrogens (tertiary/aromatic N) is 1. The lowest BCUT2D eigenvalue weighted by atomic mass is 10.0. The molecule has 0 aliphatic carbocycles. The molecule has 2 amide bonds. The summed E-state index contributed by atoms with van der Waals surface area (Å²) in [5.74, 6) is -0.815. The fraction of sp³-hybridized carbons (Fsp3) is 0.231. The average molecular weight is 250 g/mol. The van der Waals surface area contributed by atoms with Crippen molar-refractivity contribution in [3.63, 3.8) is 0 Å². The van der Waals surface area contributed by atoms with Crippen molar-refractivity contribution in [1.29, 1.82) is 0 Å². The van der Waals surface area contributed by atoms with E-state index in [-0.39, 0.29) is 10.9 Å². The molecular weight excluding hydrogens is 238 g/mol. The van der Waals surface area contributed by atoms with Crippen molar-refractivity contribution in [2.45, 2.75) is 20.3 Å². The number of hydrogen-bond acceptors (Lipinski definition) is 2. The Bertz CT molecular complexity index is 534. The van der Waals surface area contributed by atoms with Gasteiger partial charge < -0.3 is 0 Å². The van der Waals surface area contributed by atoms with E-state index in [1.807, 2.05) is 32.0 Å². The molecule has 17 heavy (non-hydrogen) atoms. The summed E-state index contributed by atoms with van der Waals surface area (Å²) in [6.07, 6.45) is 1.92. The lowest BCUT2D eigenvalue weighted by Crippen LogP contribution is -2.31. The Morgan fingerprint density at radius 3 is 2.53 bits per heavy atom. The second-order valence-corrected chi connectivity index (χ2v) is 4.31. The van der Waals surface area contributed by atoms with Crippen LogP contribution in [0.5, 0.6) is 0 Å². The van der Waals surface area contributed by atoms with Gasteiger partial charge in [0.2, 0.25) is 0 Å². The van der Waals surface area contributed by atoms with Crippen LogP contribution in [0.4, 0.5) is 5.69 Å². The first-order valence-corrected chi connectivity index (χ1v) is 5.78.